The number of nitrogens with zero attached hydrogens (tertiary/aromatic N) is 4. The first-order valence-electron chi connectivity index (χ1n) is 13.4. The molecule has 2 amide bonds. The SMILES string of the molecule is Cc1cc(-c2n[nH]c3c2CN(C(=O)NC2(C)CCCN(CC4CSC5C=CC=CC=C45)C2)CC3)ccn1. The highest BCUT2D eigenvalue weighted by atomic mass is 32.2. The van der Waals surface area contributed by atoms with Gasteiger partial charge in [-0.15, -0.1) is 11.8 Å². The van der Waals surface area contributed by atoms with Crippen LogP contribution in [0.1, 0.15) is 36.7 Å². The summed E-state index contributed by atoms with van der Waals surface area (Å²) in [7, 11) is 0. The van der Waals surface area contributed by atoms with Crippen LogP contribution in [0.15, 0.2) is 54.3 Å². The predicted molar refractivity (Wildman–Crippen MR) is 149 cm³/mol. The second-order valence-corrected chi connectivity index (χ2v) is 12.3. The molecule has 0 spiro atoms. The molecule has 6 rings (SSSR count). The number of piperidine rings is 1. The van der Waals surface area contributed by atoms with Crippen molar-refractivity contribution in [2.45, 2.75) is 50.4 Å². The van der Waals surface area contributed by atoms with Crippen LogP contribution in [0.25, 0.3) is 11.3 Å². The van der Waals surface area contributed by atoms with Crippen LogP contribution in [0.2, 0.25) is 0 Å². The number of H-pyrrole nitrogens is 1. The van der Waals surface area contributed by atoms with Crippen LogP contribution in [-0.2, 0) is 13.0 Å². The predicted octanol–water partition coefficient (Wildman–Crippen LogP) is 4.49. The number of aromatic nitrogens is 3. The summed E-state index contributed by atoms with van der Waals surface area (Å²) in [6, 6.07) is 4.07. The summed E-state index contributed by atoms with van der Waals surface area (Å²) in [4.78, 5) is 22.3. The number of fused-ring (bicyclic) bond motifs is 2. The topological polar surface area (TPSA) is 77.2 Å². The van der Waals surface area contributed by atoms with E-state index in [4.69, 9.17) is 0 Å². The van der Waals surface area contributed by atoms with E-state index < -0.39 is 0 Å². The van der Waals surface area contributed by atoms with Crippen LogP contribution in [0, 0.1) is 12.8 Å². The lowest BCUT2D eigenvalue weighted by Crippen LogP contribution is -2.60. The summed E-state index contributed by atoms with van der Waals surface area (Å²) in [5.74, 6) is 1.76. The van der Waals surface area contributed by atoms with E-state index in [0.29, 0.717) is 24.3 Å². The summed E-state index contributed by atoms with van der Waals surface area (Å²) < 4.78 is 0. The Morgan fingerprint density at radius 1 is 1.30 bits per heavy atom. The number of pyridine rings is 1. The van der Waals surface area contributed by atoms with E-state index in [0.717, 1.165) is 67.1 Å². The number of amides is 2. The first kappa shape index (κ1) is 24.5. The van der Waals surface area contributed by atoms with Crippen LogP contribution >= 0.6 is 11.8 Å². The molecule has 7 nitrogen and oxygen atoms in total. The smallest absolute Gasteiger partial charge is 0.318 e. The highest BCUT2D eigenvalue weighted by Gasteiger charge is 2.37. The maximum Gasteiger partial charge on any atom is 0.318 e. The largest absolute Gasteiger partial charge is 0.332 e. The molecule has 3 aliphatic heterocycles. The normalized spacial score (nSPS) is 27.4. The van der Waals surface area contributed by atoms with Gasteiger partial charge in [-0.25, -0.2) is 4.79 Å². The number of likely N-dealkylation sites (tertiary alicyclic amines) is 1. The number of rotatable bonds is 4. The first-order valence-corrected chi connectivity index (χ1v) is 14.5. The van der Waals surface area contributed by atoms with Gasteiger partial charge in [0.05, 0.1) is 17.8 Å². The number of hydrogen-bond acceptors (Lipinski definition) is 5. The molecule has 2 aromatic rings. The van der Waals surface area contributed by atoms with Gasteiger partial charge in [-0.2, -0.15) is 5.10 Å². The summed E-state index contributed by atoms with van der Waals surface area (Å²) >= 11 is 2.05. The first-order chi connectivity index (χ1) is 18.0. The third kappa shape index (κ3) is 5.14. The molecule has 0 saturated carbocycles. The molecule has 0 bridgehead atoms. The Hall–Kier alpha value is -2.84. The van der Waals surface area contributed by atoms with Crippen molar-refractivity contribution in [1.29, 1.82) is 0 Å². The Morgan fingerprint density at radius 3 is 3.11 bits per heavy atom. The summed E-state index contributed by atoms with van der Waals surface area (Å²) in [5.41, 5.74) is 6.52. The van der Waals surface area contributed by atoms with Crippen molar-refractivity contribution in [3.63, 3.8) is 0 Å². The second kappa shape index (κ2) is 10.1. The molecule has 8 heteroatoms. The molecule has 3 atom stereocenters. The lowest BCUT2D eigenvalue weighted by Gasteiger charge is -2.43. The Balaban J connectivity index is 1.10. The van der Waals surface area contributed by atoms with E-state index in [1.54, 1.807) is 5.57 Å². The molecule has 3 unspecified atom stereocenters. The summed E-state index contributed by atoms with van der Waals surface area (Å²) in [5, 5.41) is 11.8. The maximum absolute atomic E-state index is 13.5. The van der Waals surface area contributed by atoms with Crippen LogP contribution in [-0.4, -0.2) is 73.7 Å². The second-order valence-electron chi connectivity index (χ2n) is 11.1. The molecule has 2 aromatic heterocycles. The molecule has 194 valence electrons. The number of aromatic amines is 1. The van der Waals surface area contributed by atoms with Crippen molar-refractivity contribution in [1.82, 2.24) is 30.3 Å². The number of hydrogen-bond donors (Lipinski definition) is 2. The number of allylic oxidation sites excluding steroid dienone is 4. The van der Waals surface area contributed by atoms with E-state index in [1.165, 1.54) is 5.75 Å². The van der Waals surface area contributed by atoms with Gasteiger partial charge in [-0.1, -0.05) is 30.4 Å². The zero-order valence-electron chi connectivity index (χ0n) is 21.7. The van der Waals surface area contributed by atoms with E-state index in [1.807, 2.05) is 24.1 Å². The lowest BCUT2D eigenvalue weighted by molar-refractivity contribution is 0.117. The zero-order chi connectivity index (χ0) is 25.4. The molecule has 2 saturated heterocycles. The van der Waals surface area contributed by atoms with Crippen molar-refractivity contribution >= 4 is 17.8 Å². The molecule has 2 fully saturated rings. The Labute approximate surface area is 223 Å². The van der Waals surface area contributed by atoms with Gasteiger partial charge in [0, 0.05) is 71.7 Å². The lowest BCUT2D eigenvalue weighted by atomic mass is 9.89. The van der Waals surface area contributed by atoms with E-state index >= 15 is 0 Å². The zero-order valence-corrected chi connectivity index (χ0v) is 22.6. The van der Waals surface area contributed by atoms with Gasteiger partial charge in [-0.3, -0.25) is 10.1 Å². The van der Waals surface area contributed by atoms with E-state index in [2.05, 4.69) is 80.5 Å². The fraction of sp³-hybridized carbons (Fsp3) is 0.483. The fourth-order valence-electron chi connectivity index (χ4n) is 6.25. The molecule has 0 radical (unpaired) electrons. The average molecular weight is 517 g/mol. The third-order valence-corrected chi connectivity index (χ3v) is 9.51. The molecular formula is C29H36N6OS. The van der Waals surface area contributed by atoms with E-state index in [-0.39, 0.29) is 11.6 Å². The van der Waals surface area contributed by atoms with Gasteiger partial charge in [0.15, 0.2) is 0 Å². The van der Waals surface area contributed by atoms with Crippen LogP contribution in [0.3, 0.4) is 0 Å². The molecule has 2 N–H and O–H groups in total. The Morgan fingerprint density at radius 2 is 2.22 bits per heavy atom. The number of aryl methyl sites for hydroxylation is 1. The van der Waals surface area contributed by atoms with Crippen LogP contribution in [0.4, 0.5) is 4.79 Å². The third-order valence-electron chi connectivity index (χ3n) is 8.13. The minimum atomic E-state index is -0.222. The van der Waals surface area contributed by atoms with Gasteiger partial charge in [-0.05, 0) is 50.9 Å². The number of nitrogens with one attached hydrogen (secondary N) is 2. The molecule has 5 heterocycles. The minimum absolute atomic E-state index is 0.0336. The summed E-state index contributed by atoms with van der Waals surface area (Å²) in [6.45, 7) is 8.55. The number of carbonyl (C=O) groups is 1. The Kier molecular flexibility index (Phi) is 6.71. The maximum atomic E-state index is 13.5. The fourth-order valence-corrected chi connectivity index (χ4v) is 7.65. The van der Waals surface area contributed by atoms with Crippen LogP contribution < -0.4 is 5.32 Å². The molecule has 4 aliphatic rings. The number of thioether (sulfide) groups is 1. The molecular weight excluding hydrogens is 480 g/mol. The number of carbonyl (C=O) groups excluding carboxylic acids is 1. The minimum Gasteiger partial charge on any atom is -0.332 e. The molecule has 0 aromatic carbocycles. The van der Waals surface area contributed by atoms with Crippen molar-refractivity contribution in [2.24, 2.45) is 5.92 Å². The van der Waals surface area contributed by atoms with Crippen molar-refractivity contribution in [3.05, 3.63) is 71.2 Å². The van der Waals surface area contributed by atoms with Gasteiger partial charge in [0.25, 0.3) is 0 Å². The van der Waals surface area contributed by atoms with Crippen molar-refractivity contribution in [2.75, 3.05) is 31.9 Å². The highest BCUT2D eigenvalue weighted by molar-refractivity contribution is 8.00. The van der Waals surface area contributed by atoms with Gasteiger partial charge < -0.3 is 15.1 Å². The van der Waals surface area contributed by atoms with Gasteiger partial charge in [0.1, 0.15) is 0 Å². The molecule has 1 aliphatic carbocycles. The quantitative estimate of drug-likeness (QED) is 0.626. The van der Waals surface area contributed by atoms with Gasteiger partial charge in [0.2, 0.25) is 0 Å². The van der Waals surface area contributed by atoms with Gasteiger partial charge >= 0.3 is 6.03 Å². The van der Waals surface area contributed by atoms with Crippen LogP contribution in [0.5, 0.6) is 0 Å². The Bertz CT molecular complexity index is 1260. The van der Waals surface area contributed by atoms with E-state index in [9.17, 15) is 4.79 Å². The van der Waals surface area contributed by atoms with Crippen molar-refractivity contribution < 1.29 is 4.79 Å². The highest BCUT2D eigenvalue weighted by Crippen LogP contribution is 2.39. The standard InChI is InChI=1S/C29H36N6OS/c1-20-15-21(9-12-30-20)27-24-17-35(14-10-25(24)32-33-27)28(36)31-29(2)11-6-13-34(19-29)16-22-18-37-26-8-5-3-4-7-23(22)26/h3-5,7-9,12,15,22,26H,6,10-11,13-14,16-19H2,1-2H3,(H,31,36)(H,32,33). The molecule has 37 heavy (non-hydrogen) atoms. The number of urea groups is 1. The average Bonchev–Trinajstić information content (AvgIpc) is 3.39. The summed E-state index contributed by atoms with van der Waals surface area (Å²) in [6.07, 6.45) is 15.9. The van der Waals surface area contributed by atoms with Crippen molar-refractivity contribution in [3.8, 4) is 11.3 Å². The monoisotopic (exact) mass is 516 g/mol.